The summed E-state index contributed by atoms with van der Waals surface area (Å²) in [6.07, 6.45) is 0. The van der Waals surface area contributed by atoms with Crippen molar-refractivity contribution in [2.24, 2.45) is 0 Å². The first-order valence-corrected chi connectivity index (χ1v) is 8.24. The van der Waals surface area contributed by atoms with Gasteiger partial charge in [-0.15, -0.1) is 0 Å². The van der Waals surface area contributed by atoms with Crippen molar-refractivity contribution in [1.29, 1.82) is 0 Å². The molecule has 0 spiro atoms. The largest absolute Gasteiger partial charge is 0.398 e. The van der Waals surface area contributed by atoms with Crippen molar-refractivity contribution in [3.63, 3.8) is 0 Å². The molecule has 4 nitrogen and oxygen atoms in total. The first-order valence-electron chi connectivity index (χ1n) is 5.17. The average molecular weight is 406 g/mol. The van der Waals surface area contributed by atoms with Gasteiger partial charge in [0.05, 0.1) is 9.79 Å². The lowest BCUT2D eigenvalue weighted by atomic mass is 10.3. The van der Waals surface area contributed by atoms with Gasteiger partial charge in [0, 0.05) is 20.3 Å². The highest BCUT2D eigenvalue weighted by atomic mass is 79.9. The molecule has 0 aliphatic rings. The standard InChI is InChI=1S/C12H10Br2N2O2S/c13-9-5-7(1-3-11(9)15)19(17,18)8-2-4-12(16)10(14)6-8/h1-6H,15-16H2. The van der Waals surface area contributed by atoms with E-state index in [-0.39, 0.29) is 9.79 Å². The molecule has 4 N–H and O–H groups in total. The van der Waals surface area contributed by atoms with Gasteiger partial charge in [-0.1, -0.05) is 0 Å². The van der Waals surface area contributed by atoms with Gasteiger partial charge in [0.25, 0.3) is 0 Å². The summed E-state index contributed by atoms with van der Waals surface area (Å²) in [5, 5.41) is 0. The Morgan fingerprint density at radius 2 is 1.16 bits per heavy atom. The third-order valence-electron chi connectivity index (χ3n) is 2.56. The van der Waals surface area contributed by atoms with E-state index in [1.165, 1.54) is 24.3 Å². The molecule has 0 unspecified atom stereocenters. The third kappa shape index (κ3) is 2.77. The summed E-state index contributed by atoms with van der Waals surface area (Å²) >= 11 is 6.44. The molecule has 0 bridgehead atoms. The Hall–Kier alpha value is -1.05. The van der Waals surface area contributed by atoms with Crippen LogP contribution in [0.3, 0.4) is 0 Å². The van der Waals surface area contributed by atoms with E-state index in [9.17, 15) is 8.42 Å². The Bertz CT molecular complexity index is 688. The van der Waals surface area contributed by atoms with Gasteiger partial charge in [-0.05, 0) is 68.3 Å². The minimum absolute atomic E-state index is 0.172. The number of benzene rings is 2. The van der Waals surface area contributed by atoms with Crippen LogP contribution in [0.15, 0.2) is 55.1 Å². The van der Waals surface area contributed by atoms with Gasteiger partial charge >= 0.3 is 0 Å². The fourth-order valence-electron chi connectivity index (χ4n) is 1.49. The molecule has 0 fully saturated rings. The second kappa shape index (κ2) is 5.15. The molecular weight excluding hydrogens is 396 g/mol. The Morgan fingerprint density at radius 3 is 1.47 bits per heavy atom. The molecule has 0 aliphatic carbocycles. The minimum atomic E-state index is -3.59. The van der Waals surface area contributed by atoms with Crippen LogP contribution < -0.4 is 11.5 Å². The highest BCUT2D eigenvalue weighted by Crippen LogP contribution is 2.30. The van der Waals surface area contributed by atoms with Crippen LogP contribution in [0.25, 0.3) is 0 Å². The SMILES string of the molecule is Nc1ccc(S(=O)(=O)c2ccc(N)c(Br)c2)cc1Br. The molecule has 0 amide bonds. The summed E-state index contributed by atoms with van der Waals surface area (Å²) < 4.78 is 26.0. The molecule has 0 aliphatic heterocycles. The van der Waals surface area contributed by atoms with Gasteiger partial charge < -0.3 is 11.5 Å². The summed E-state index contributed by atoms with van der Waals surface area (Å²) in [6, 6.07) is 9.00. The summed E-state index contributed by atoms with van der Waals surface area (Å²) in [7, 11) is -3.59. The highest BCUT2D eigenvalue weighted by molar-refractivity contribution is 9.11. The summed E-state index contributed by atoms with van der Waals surface area (Å²) in [5.74, 6) is 0. The molecule has 0 heterocycles. The first-order chi connectivity index (χ1) is 8.82. The number of halogens is 2. The summed E-state index contributed by atoms with van der Waals surface area (Å²) in [6.45, 7) is 0. The molecule has 0 atom stereocenters. The van der Waals surface area contributed by atoms with Gasteiger partial charge in [0.15, 0.2) is 0 Å². The molecule has 2 aromatic carbocycles. The molecule has 2 aromatic rings. The van der Waals surface area contributed by atoms with E-state index >= 15 is 0 Å². The number of hydrogen-bond acceptors (Lipinski definition) is 4. The van der Waals surface area contributed by atoms with Crippen LogP contribution >= 0.6 is 31.9 Å². The molecule has 0 saturated carbocycles. The number of nitrogens with two attached hydrogens (primary N) is 2. The average Bonchev–Trinajstić information content (AvgIpc) is 2.35. The minimum Gasteiger partial charge on any atom is -0.398 e. The van der Waals surface area contributed by atoms with Crippen LogP contribution in [0, 0.1) is 0 Å². The maximum Gasteiger partial charge on any atom is 0.206 e. The fourth-order valence-corrected chi connectivity index (χ4v) is 3.86. The third-order valence-corrected chi connectivity index (χ3v) is 5.69. The normalized spacial score (nSPS) is 11.5. The molecule has 0 radical (unpaired) electrons. The van der Waals surface area contributed by atoms with Crippen molar-refractivity contribution in [1.82, 2.24) is 0 Å². The predicted octanol–water partition coefficient (Wildman–Crippen LogP) is 3.21. The molecule has 7 heteroatoms. The molecular formula is C12H10Br2N2O2S. The molecule has 100 valence electrons. The lowest BCUT2D eigenvalue weighted by Crippen LogP contribution is -2.03. The second-order valence-corrected chi connectivity index (χ2v) is 7.53. The molecule has 2 rings (SSSR count). The van der Waals surface area contributed by atoms with Crippen LogP contribution in [0.5, 0.6) is 0 Å². The maximum atomic E-state index is 12.4. The van der Waals surface area contributed by atoms with Gasteiger partial charge in [-0.2, -0.15) is 0 Å². The second-order valence-electron chi connectivity index (χ2n) is 3.87. The fraction of sp³-hybridized carbons (Fsp3) is 0. The van der Waals surface area contributed by atoms with Gasteiger partial charge in [-0.3, -0.25) is 0 Å². The smallest absolute Gasteiger partial charge is 0.206 e. The molecule has 19 heavy (non-hydrogen) atoms. The lowest BCUT2D eigenvalue weighted by Gasteiger charge is -2.08. The van der Waals surface area contributed by atoms with E-state index in [2.05, 4.69) is 31.9 Å². The van der Waals surface area contributed by atoms with E-state index in [0.29, 0.717) is 20.3 Å². The monoisotopic (exact) mass is 404 g/mol. The zero-order valence-electron chi connectivity index (χ0n) is 9.60. The predicted molar refractivity (Wildman–Crippen MR) is 82.6 cm³/mol. The lowest BCUT2D eigenvalue weighted by molar-refractivity contribution is 0.596. The van der Waals surface area contributed by atoms with Crippen molar-refractivity contribution < 1.29 is 8.42 Å². The number of anilines is 2. The topological polar surface area (TPSA) is 86.2 Å². The van der Waals surface area contributed by atoms with Gasteiger partial charge in [0.1, 0.15) is 0 Å². The molecule has 0 aromatic heterocycles. The van der Waals surface area contributed by atoms with Crippen molar-refractivity contribution in [3.8, 4) is 0 Å². The van der Waals surface area contributed by atoms with E-state index < -0.39 is 9.84 Å². The Balaban J connectivity index is 2.58. The number of nitrogen functional groups attached to an aromatic ring is 2. The zero-order chi connectivity index (χ0) is 14.2. The van der Waals surface area contributed by atoms with E-state index in [1.54, 1.807) is 12.1 Å². The van der Waals surface area contributed by atoms with Crippen LogP contribution in [0.4, 0.5) is 11.4 Å². The van der Waals surface area contributed by atoms with Gasteiger partial charge in [-0.25, -0.2) is 8.42 Å². The van der Waals surface area contributed by atoms with Crippen molar-refractivity contribution >= 4 is 53.1 Å². The first kappa shape index (κ1) is 14.4. The quantitative estimate of drug-likeness (QED) is 0.751. The maximum absolute atomic E-state index is 12.4. The Labute approximate surface area is 128 Å². The van der Waals surface area contributed by atoms with E-state index in [0.717, 1.165) is 0 Å². The van der Waals surface area contributed by atoms with Crippen LogP contribution in [-0.4, -0.2) is 8.42 Å². The van der Waals surface area contributed by atoms with Crippen LogP contribution in [-0.2, 0) is 9.84 Å². The van der Waals surface area contributed by atoms with Gasteiger partial charge in [0.2, 0.25) is 9.84 Å². The summed E-state index contributed by atoms with van der Waals surface area (Å²) in [5.41, 5.74) is 12.3. The van der Waals surface area contributed by atoms with Crippen molar-refractivity contribution in [2.45, 2.75) is 9.79 Å². The highest BCUT2D eigenvalue weighted by Gasteiger charge is 2.19. The van der Waals surface area contributed by atoms with Crippen LogP contribution in [0.2, 0.25) is 0 Å². The number of rotatable bonds is 2. The van der Waals surface area contributed by atoms with E-state index in [1.807, 2.05) is 0 Å². The Kier molecular flexibility index (Phi) is 3.89. The molecule has 0 saturated heterocycles. The van der Waals surface area contributed by atoms with E-state index in [4.69, 9.17) is 11.5 Å². The van der Waals surface area contributed by atoms with Crippen molar-refractivity contribution in [2.75, 3.05) is 11.5 Å². The zero-order valence-corrected chi connectivity index (χ0v) is 13.6. The number of sulfone groups is 1. The van der Waals surface area contributed by atoms with Crippen LogP contribution in [0.1, 0.15) is 0 Å². The Morgan fingerprint density at radius 1 is 0.789 bits per heavy atom. The van der Waals surface area contributed by atoms with Crippen molar-refractivity contribution in [3.05, 3.63) is 45.3 Å². The summed E-state index contributed by atoms with van der Waals surface area (Å²) in [4.78, 5) is 0.343. The number of hydrogen-bond donors (Lipinski definition) is 2.